The van der Waals surface area contributed by atoms with Gasteiger partial charge in [-0.2, -0.15) is 0 Å². The van der Waals surface area contributed by atoms with E-state index in [0.717, 1.165) is 30.6 Å². The van der Waals surface area contributed by atoms with Gasteiger partial charge in [0.05, 0.1) is 16.6 Å². The minimum absolute atomic E-state index is 0.0314. The van der Waals surface area contributed by atoms with Crippen molar-refractivity contribution in [2.75, 3.05) is 6.54 Å². The number of imide groups is 1. The number of carboxylic acid groups (broad SMARTS) is 1. The van der Waals surface area contributed by atoms with Crippen LogP contribution in [0.25, 0.3) is 0 Å². The Balaban J connectivity index is 1.98. The normalized spacial score (nSPS) is 19.7. The smallest absolute Gasteiger partial charge is 0.347 e. The number of hydrogen-bond donors (Lipinski definition) is 3. The number of nitrogens with two attached hydrogens (primary N) is 1. The summed E-state index contributed by atoms with van der Waals surface area (Å²) in [6, 6.07) is -1.88. The van der Waals surface area contributed by atoms with E-state index < -0.39 is 35.7 Å². The van der Waals surface area contributed by atoms with E-state index in [4.69, 9.17) is 27.9 Å². The Morgan fingerprint density at radius 1 is 1.26 bits per heavy atom. The van der Waals surface area contributed by atoms with Gasteiger partial charge in [0, 0.05) is 17.5 Å². The summed E-state index contributed by atoms with van der Waals surface area (Å²) in [6.07, 6.45) is 5.67. The van der Waals surface area contributed by atoms with Crippen LogP contribution in [0.3, 0.4) is 0 Å². The van der Waals surface area contributed by atoms with Crippen molar-refractivity contribution in [1.82, 2.24) is 9.80 Å². The topological polar surface area (TPSA) is 157 Å². The highest BCUT2D eigenvalue weighted by molar-refractivity contribution is 7.15. The number of aliphatic carboxylic acids is 1. The van der Waals surface area contributed by atoms with Crippen LogP contribution in [-0.2, 0) is 14.4 Å². The lowest BCUT2D eigenvalue weighted by molar-refractivity contribution is -0.144. The first-order valence-electron chi connectivity index (χ1n) is 11.5. The molecule has 2 atom stereocenters. The number of thiophene rings is 1. The lowest BCUT2D eigenvalue weighted by Crippen LogP contribution is -2.55. The van der Waals surface area contributed by atoms with Crippen LogP contribution in [0.15, 0.2) is 4.99 Å². The molecule has 0 spiro atoms. The standard InChI is InChI=1S/C23H29ClN5O5S/c1-12(25)21(32)28-10-6-9-15(28)22(33)29(14-7-4-3-5-8-14)23(34)19-18(24)17(13(2)35-19)20(26)27-11-16(30)31/h11-12,14-15,26H,2-10,25H2,1H3,(H,30,31)/t12-,15-/m0/s1. The molecule has 1 radical (unpaired) electrons. The van der Waals surface area contributed by atoms with Gasteiger partial charge in [0.1, 0.15) is 17.1 Å². The highest BCUT2D eigenvalue weighted by Crippen LogP contribution is 2.36. The van der Waals surface area contributed by atoms with E-state index in [1.165, 1.54) is 9.80 Å². The summed E-state index contributed by atoms with van der Waals surface area (Å²) in [5, 5.41) is 16.8. The summed E-state index contributed by atoms with van der Waals surface area (Å²) < 4.78 is 0. The summed E-state index contributed by atoms with van der Waals surface area (Å²) in [4.78, 5) is 57.5. The monoisotopic (exact) mass is 522 g/mol. The maximum Gasteiger partial charge on any atom is 0.347 e. The van der Waals surface area contributed by atoms with E-state index in [9.17, 15) is 19.2 Å². The van der Waals surface area contributed by atoms with Crippen LogP contribution in [-0.4, -0.2) is 75.3 Å². The fraction of sp³-hybridized carbons (Fsp3) is 0.522. The van der Waals surface area contributed by atoms with Crippen LogP contribution in [0.1, 0.15) is 72.0 Å². The number of carbonyl (C=O) groups is 4. The third-order valence-corrected chi connectivity index (χ3v) is 7.79. The first-order chi connectivity index (χ1) is 16.5. The Kier molecular flexibility index (Phi) is 8.79. The van der Waals surface area contributed by atoms with Gasteiger partial charge in [0.25, 0.3) is 11.8 Å². The quantitative estimate of drug-likeness (QED) is 0.296. The molecule has 0 aromatic carbocycles. The maximum atomic E-state index is 13.8. The fourth-order valence-corrected chi connectivity index (χ4v) is 6.00. The summed E-state index contributed by atoms with van der Waals surface area (Å²) in [7, 11) is 0. The van der Waals surface area contributed by atoms with Gasteiger partial charge in [0.2, 0.25) is 5.91 Å². The maximum absolute atomic E-state index is 13.8. The molecule has 1 aliphatic carbocycles. The van der Waals surface area contributed by atoms with Crippen molar-refractivity contribution in [3.8, 4) is 0 Å². The number of nitrogens with zero attached hydrogens (tertiary/aromatic N) is 3. The summed E-state index contributed by atoms with van der Waals surface area (Å²) >= 11 is 7.40. The molecule has 1 aliphatic heterocycles. The second-order valence-electron chi connectivity index (χ2n) is 8.77. The molecule has 2 aliphatic rings. The molecule has 12 heteroatoms. The number of halogens is 1. The number of amidine groups is 1. The molecule has 10 nitrogen and oxygen atoms in total. The van der Waals surface area contributed by atoms with Crippen LogP contribution >= 0.6 is 22.9 Å². The van der Waals surface area contributed by atoms with Crippen molar-refractivity contribution < 1.29 is 24.3 Å². The van der Waals surface area contributed by atoms with Crippen molar-refractivity contribution in [3.63, 3.8) is 0 Å². The van der Waals surface area contributed by atoms with E-state index in [-0.39, 0.29) is 32.3 Å². The van der Waals surface area contributed by atoms with Crippen molar-refractivity contribution in [2.24, 2.45) is 10.7 Å². The Bertz CT molecular complexity index is 1060. The molecule has 1 saturated heterocycles. The van der Waals surface area contributed by atoms with Gasteiger partial charge in [-0.3, -0.25) is 24.7 Å². The average molecular weight is 523 g/mol. The number of aliphatic imine (C=N–C) groups is 1. The van der Waals surface area contributed by atoms with E-state index in [2.05, 4.69) is 11.9 Å². The van der Waals surface area contributed by atoms with Gasteiger partial charge in [-0.25, -0.2) is 9.79 Å². The minimum atomic E-state index is -1.33. The van der Waals surface area contributed by atoms with E-state index in [0.29, 0.717) is 38.4 Å². The highest BCUT2D eigenvalue weighted by atomic mass is 35.5. The molecule has 1 saturated carbocycles. The summed E-state index contributed by atoms with van der Waals surface area (Å²) in [6.45, 7) is 5.80. The summed E-state index contributed by atoms with van der Waals surface area (Å²) in [5.74, 6) is -3.18. The van der Waals surface area contributed by atoms with E-state index in [1.54, 1.807) is 6.92 Å². The molecular weight excluding hydrogens is 494 g/mol. The molecule has 0 bridgehead atoms. The molecule has 189 valence electrons. The average Bonchev–Trinajstić information content (AvgIpc) is 3.42. The number of likely N-dealkylation sites (tertiary alicyclic amines) is 1. The molecule has 4 N–H and O–H groups in total. The zero-order valence-electron chi connectivity index (χ0n) is 19.5. The van der Waals surface area contributed by atoms with Crippen molar-refractivity contribution in [3.05, 3.63) is 27.3 Å². The van der Waals surface area contributed by atoms with E-state index in [1.807, 2.05) is 0 Å². The van der Waals surface area contributed by atoms with Gasteiger partial charge in [-0.05, 0) is 39.5 Å². The number of carbonyl (C=O) groups excluding carboxylic acids is 3. The highest BCUT2D eigenvalue weighted by Gasteiger charge is 2.43. The zero-order valence-corrected chi connectivity index (χ0v) is 21.0. The molecule has 2 heterocycles. The predicted molar refractivity (Wildman–Crippen MR) is 133 cm³/mol. The molecule has 35 heavy (non-hydrogen) atoms. The molecule has 3 amide bonds. The van der Waals surface area contributed by atoms with Gasteiger partial charge in [0.15, 0.2) is 5.84 Å². The molecule has 3 rings (SSSR count). The number of rotatable bonds is 6. The summed E-state index contributed by atoms with van der Waals surface area (Å²) in [5.41, 5.74) is 5.83. The first kappa shape index (κ1) is 27.0. The zero-order chi connectivity index (χ0) is 25.9. The van der Waals surface area contributed by atoms with Crippen molar-refractivity contribution in [1.29, 1.82) is 5.41 Å². The number of nitrogens with one attached hydrogen (secondary N) is 1. The van der Waals surface area contributed by atoms with Crippen LogP contribution in [0.2, 0.25) is 5.02 Å². The molecule has 2 fully saturated rings. The number of carboxylic acids is 1. The SMILES string of the molecule is [CH2]c1sc(C(=O)N(C(=O)[C@@H]2CCCN2C(=O)[C@H](C)N)C2CCCCC2)c(Cl)c1C(=N)N=CC(=O)O. The van der Waals surface area contributed by atoms with Gasteiger partial charge in [-0.1, -0.05) is 30.9 Å². The third-order valence-electron chi connectivity index (χ3n) is 6.26. The molecule has 1 aromatic rings. The van der Waals surface area contributed by atoms with E-state index >= 15 is 0 Å². The Hall–Kier alpha value is -2.63. The van der Waals surface area contributed by atoms with Gasteiger partial charge < -0.3 is 15.7 Å². The number of hydrogen-bond acceptors (Lipinski definition) is 7. The molecule has 0 unspecified atom stereocenters. The van der Waals surface area contributed by atoms with Crippen LogP contribution in [0, 0.1) is 12.3 Å². The Morgan fingerprint density at radius 3 is 2.51 bits per heavy atom. The molecular formula is C23H29ClN5O5S. The second-order valence-corrected chi connectivity index (χ2v) is 10.3. The fourth-order valence-electron chi connectivity index (χ4n) is 4.62. The largest absolute Gasteiger partial charge is 0.477 e. The first-order valence-corrected chi connectivity index (χ1v) is 12.7. The lowest BCUT2D eigenvalue weighted by atomic mass is 9.93. The van der Waals surface area contributed by atoms with Gasteiger partial charge >= 0.3 is 5.97 Å². The second kappa shape index (κ2) is 11.4. The van der Waals surface area contributed by atoms with Crippen LogP contribution in [0.4, 0.5) is 0 Å². The third kappa shape index (κ3) is 5.79. The lowest BCUT2D eigenvalue weighted by Gasteiger charge is -2.36. The van der Waals surface area contributed by atoms with Crippen molar-refractivity contribution in [2.45, 2.75) is 70.0 Å². The Morgan fingerprint density at radius 2 is 1.91 bits per heavy atom. The van der Waals surface area contributed by atoms with Crippen LogP contribution in [0.5, 0.6) is 0 Å². The molecule has 1 aromatic heterocycles. The van der Waals surface area contributed by atoms with Gasteiger partial charge in [-0.15, -0.1) is 11.3 Å². The van der Waals surface area contributed by atoms with Crippen LogP contribution < -0.4 is 5.73 Å². The minimum Gasteiger partial charge on any atom is -0.477 e. The number of amides is 3. The predicted octanol–water partition coefficient (Wildman–Crippen LogP) is 2.70. The Labute approximate surface area is 212 Å². The van der Waals surface area contributed by atoms with Crippen molar-refractivity contribution >= 4 is 58.7 Å².